The number of nitrogen functional groups attached to an aromatic ring is 1. The number of hydrogen-bond acceptors (Lipinski definition) is 5. The third-order valence-electron chi connectivity index (χ3n) is 2.38. The summed E-state index contributed by atoms with van der Waals surface area (Å²) in [7, 11) is 0. The Morgan fingerprint density at radius 3 is 2.94 bits per heavy atom. The minimum Gasteiger partial charge on any atom is -0.506 e. The van der Waals surface area contributed by atoms with E-state index in [2.05, 4.69) is 15.1 Å². The van der Waals surface area contributed by atoms with E-state index in [1.165, 1.54) is 12.3 Å². The van der Waals surface area contributed by atoms with Crippen LogP contribution in [0.25, 0.3) is 17.0 Å². The number of aromatic hydroxyl groups is 1. The van der Waals surface area contributed by atoms with E-state index in [4.69, 9.17) is 5.73 Å². The van der Waals surface area contributed by atoms with Crippen molar-refractivity contribution in [2.24, 2.45) is 0 Å². The third-order valence-corrected chi connectivity index (χ3v) is 2.38. The maximum Gasteiger partial charge on any atom is 0.157 e. The Kier molecular flexibility index (Phi) is 1.94. The quantitative estimate of drug-likeness (QED) is 0.649. The van der Waals surface area contributed by atoms with E-state index >= 15 is 0 Å². The fourth-order valence-electron chi connectivity index (χ4n) is 1.64. The van der Waals surface area contributed by atoms with Crippen LogP contribution in [0.2, 0.25) is 0 Å². The van der Waals surface area contributed by atoms with E-state index in [1.807, 2.05) is 12.1 Å². The second-order valence-corrected chi connectivity index (χ2v) is 3.57. The maximum atomic E-state index is 9.30. The summed E-state index contributed by atoms with van der Waals surface area (Å²) in [4.78, 5) is 8.35. The molecular weight excluding hydrogens is 218 g/mol. The van der Waals surface area contributed by atoms with Crippen molar-refractivity contribution in [3.63, 3.8) is 0 Å². The average Bonchev–Trinajstić information content (AvgIpc) is 2.71. The molecule has 3 N–H and O–H groups in total. The number of hydrogen-bond donors (Lipinski definition) is 2. The Morgan fingerprint density at radius 1 is 1.24 bits per heavy atom. The van der Waals surface area contributed by atoms with Gasteiger partial charge in [-0.2, -0.15) is 5.10 Å². The van der Waals surface area contributed by atoms with Crippen LogP contribution < -0.4 is 5.73 Å². The van der Waals surface area contributed by atoms with Gasteiger partial charge >= 0.3 is 0 Å². The molecule has 3 rings (SSSR count). The number of fused-ring (bicyclic) bond motifs is 1. The van der Waals surface area contributed by atoms with Gasteiger partial charge in [-0.05, 0) is 12.1 Å². The first kappa shape index (κ1) is 9.59. The second kappa shape index (κ2) is 3.44. The number of nitrogens with zero attached hydrogens (tertiary/aromatic N) is 4. The summed E-state index contributed by atoms with van der Waals surface area (Å²) in [6.07, 6.45) is 2.99. The summed E-state index contributed by atoms with van der Waals surface area (Å²) in [5.41, 5.74) is 7.61. The van der Waals surface area contributed by atoms with Crippen LogP contribution >= 0.6 is 0 Å². The van der Waals surface area contributed by atoms with Crippen LogP contribution in [-0.4, -0.2) is 24.7 Å². The van der Waals surface area contributed by atoms with Gasteiger partial charge in [0.15, 0.2) is 5.65 Å². The molecule has 3 aromatic rings. The molecule has 0 aliphatic rings. The van der Waals surface area contributed by atoms with Crippen molar-refractivity contribution in [2.75, 3.05) is 5.73 Å². The molecule has 6 nitrogen and oxygen atoms in total. The van der Waals surface area contributed by atoms with Crippen molar-refractivity contribution in [2.45, 2.75) is 0 Å². The molecular formula is C11H9N5O. The summed E-state index contributed by atoms with van der Waals surface area (Å²) in [5.74, 6) is 0.520. The zero-order valence-corrected chi connectivity index (χ0v) is 8.78. The number of rotatable bonds is 1. The zero-order chi connectivity index (χ0) is 11.8. The van der Waals surface area contributed by atoms with Gasteiger partial charge in [-0.25, -0.2) is 14.5 Å². The van der Waals surface area contributed by atoms with Crippen LogP contribution in [0.1, 0.15) is 0 Å². The first-order valence-electron chi connectivity index (χ1n) is 5.00. The molecule has 0 saturated carbocycles. The fourth-order valence-corrected chi connectivity index (χ4v) is 1.64. The maximum absolute atomic E-state index is 9.30. The van der Waals surface area contributed by atoms with Gasteiger partial charge in [0.2, 0.25) is 0 Å². The lowest BCUT2D eigenvalue weighted by Gasteiger charge is -2.01. The van der Waals surface area contributed by atoms with Crippen LogP contribution in [-0.2, 0) is 0 Å². The SMILES string of the molecule is Nc1cccc(-c2cnc3cc(O)cnn23)n1. The Balaban J connectivity index is 2.24. The Morgan fingerprint density at radius 2 is 2.12 bits per heavy atom. The van der Waals surface area contributed by atoms with E-state index in [1.54, 1.807) is 16.8 Å². The molecule has 0 aromatic carbocycles. The average molecular weight is 227 g/mol. The molecule has 3 aromatic heterocycles. The molecule has 0 fully saturated rings. The summed E-state index contributed by atoms with van der Waals surface area (Å²) < 4.78 is 1.60. The first-order chi connectivity index (χ1) is 8.24. The first-order valence-corrected chi connectivity index (χ1v) is 5.00. The molecule has 0 aliphatic heterocycles. The normalized spacial score (nSPS) is 10.8. The van der Waals surface area contributed by atoms with Crippen LogP contribution in [0.5, 0.6) is 5.75 Å². The van der Waals surface area contributed by atoms with Gasteiger partial charge in [0.1, 0.15) is 17.3 Å². The van der Waals surface area contributed by atoms with Gasteiger partial charge in [0, 0.05) is 6.07 Å². The topological polar surface area (TPSA) is 89.3 Å². The highest BCUT2D eigenvalue weighted by Crippen LogP contribution is 2.20. The number of aromatic nitrogens is 4. The van der Waals surface area contributed by atoms with Gasteiger partial charge in [0.05, 0.1) is 18.1 Å². The van der Waals surface area contributed by atoms with Crippen LogP contribution in [0.4, 0.5) is 5.82 Å². The molecule has 17 heavy (non-hydrogen) atoms. The van der Waals surface area contributed by atoms with E-state index in [-0.39, 0.29) is 5.75 Å². The van der Waals surface area contributed by atoms with E-state index in [9.17, 15) is 5.11 Å². The van der Waals surface area contributed by atoms with Gasteiger partial charge in [-0.3, -0.25) is 0 Å². The van der Waals surface area contributed by atoms with E-state index in [0.29, 0.717) is 17.2 Å². The van der Waals surface area contributed by atoms with E-state index in [0.717, 1.165) is 5.69 Å². The van der Waals surface area contributed by atoms with Crippen molar-refractivity contribution in [1.82, 2.24) is 19.6 Å². The minimum absolute atomic E-state index is 0.0789. The number of nitrogens with two attached hydrogens (primary N) is 1. The monoisotopic (exact) mass is 227 g/mol. The molecule has 0 radical (unpaired) electrons. The highest BCUT2D eigenvalue weighted by atomic mass is 16.3. The predicted molar refractivity (Wildman–Crippen MR) is 62.3 cm³/mol. The van der Waals surface area contributed by atoms with Gasteiger partial charge in [0.25, 0.3) is 0 Å². The molecule has 0 saturated heterocycles. The van der Waals surface area contributed by atoms with Gasteiger partial charge in [-0.15, -0.1) is 0 Å². The smallest absolute Gasteiger partial charge is 0.157 e. The van der Waals surface area contributed by atoms with Crippen molar-refractivity contribution in [1.29, 1.82) is 0 Å². The number of anilines is 1. The second-order valence-electron chi connectivity index (χ2n) is 3.57. The van der Waals surface area contributed by atoms with Crippen molar-refractivity contribution < 1.29 is 5.11 Å². The predicted octanol–water partition coefficient (Wildman–Crippen LogP) is 1.08. The fraction of sp³-hybridized carbons (Fsp3) is 0. The molecule has 3 heterocycles. The molecule has 0 aliphatic carbocycles. The number of imidazole rings is 1. The standard InChI is InChI=1S/C11H9N5O/c12-10-3-1-2-8(15-10)9-6-13-11-4-7(17)5-14-16(9)11/h1-6,17H,(H2,12,15). The molecule has 6 heteroatoms. The lowest BCUT2D eigenvalue weighted by Crippen LogP contribution is -1.96. The largest absolute Gasteiger partial charge is 0.506 e. The highest BCUT2D eigenvalue weighted by Gasteiger charge is 2.08. The van der Waals surface area contributed by atoms with Crippen molar-refractivity contribution in [3.05, 3.63) is 36.7 Å². The molecule has 0 spiro atoms. The van der Waals surface area contributed by atoms with Gasteiger partial charge in [-0.1, -0.05) is 6.07 Å². The molecule has 0 unspecified atom stereocenters. The van der Waals surface area contributed by atoms with E-state index < -0.39 is 0 Å². The highest BCUT2D eigenvalue weighted by molar-refractivity contribution is 5.61. The summed E-state index contributed by atoms with van der Waals surface area (Å²) in [6.45, 7) is 0. The summed E-state index contributed by atoms with van der Waals surface area (Å²) in [6, 6.07) is 6.89. The van der Waals surface area contributed by atoms with Gasteiger partial charge < -0.3 is 10.8 Å². The van der Waals surface area contributed by atoms with Crippen LogP contribution in [0.3, 0.4) is 0 Å². The Labute approximate surface area is 96.4 Å². The minimum atomic E-state index is 0.0789. The third kappa shape index (κ3) is 1.55. The summed E-state index contributed by atoms with van der Waals surface area (Å²) >= 11 is 0. The van der Waals surface area contributed by atoms with Crippen molar-refractivity contribution in [3.8, 4) is 17.1 Å². The molecule has 0 bridgehead atoms. The number of pyridine rings is 1. The summed E-state index contributed by atoms with van der Waals surface area (Å²) in [5, 5.41) is 13.4. The molecule has 0 amide bonds. The molecule has 0 atom stereocenters. The Bertz CT molecular complexity index is 691. The van der Waals surface area contributed by atoms with Crippen molar-refractivity contribution >= 4 is 11.5 Å². The lowest BCUT2D eigenvalue weighted by atomic mass is 10.3. The van der Waals surface area contributed by atoms with Crippen LogP contribution in [0, 0.1) is 0 Å². The Hall–Kier alpha value is -2.63. The molecule has 84 valence electrons. The lowest BCUT2D eigenvalue weighted by molar-refractivity contribution is 0.471. The van der Waals surface area contributed by atoms with Crippen LogP contribution in [0.15, 0.2) is 36.7 Å². The zero-order valence-electron chi connectivity index (χ0n) is 8.78.